The Morgan fingerprint density at radius 2 is 1.84 bits per heavy atom. The molecule has 31 heavy (non-hydrogen) atoms. The normalized spacial score (nSPS) is 11.4. The van der Waals surface area contributed by atoms with Gasteiger partial charge in [-0.1, -0.05) is 42.5 Å². The minimum Gasteiger partial charge on any atom is -0.350 e. The fourth-order valence-electron chi connectivity index (χ4n) is 3.03. The fraction of sp³-hybridized carbons (Fsp3) is 0.273. The van der Waals surface area contributed by atoms with Crippen molar-refractivity contribution in [1.82, 2.24) is 10.3 Å². The van der Waals surface area contributed by atoms with Gasteiger partial charge in [-0.2, -0.15) is 13.2 Å². The van der Waals surface area contributed by atoms with Crippen molar-refractivity contribution >= 4 is 22.4 Å². The van der Waals surface area contributed by atoms with E-state index in [1.54, 1.807) is 16.3 Å². The monoisotopic (exact) mass is 448 g/mol. The van der Waals surface area contributed by atoms with E-state index in [4.69, 9.17) is 5.73 Å². The molecule has 0 fully saturated rings. The summed E-state index contributed by atoms with van der Waals surface area (Å²) in [5.41, 5.74) is 6.88. The second-order valence-corrected chi connectivity index (χ2v) is 7.75. The number of thiazole rings is 1. The van der Waals surface area contributed by atoms with Crippen LogP contribution in [0.15, 0.2) is 60.0 Å². The molecule has 1 aromatic heterocycles. The van der Waals surface area contributed by atoms with Crippen molar-refractivity contribution < 1.29 is 18.0 Å². The molecule has 3 rings (SSSR count). The molecule has 0 aliphatic carbocycles. The molecule has 0 aliphatic heterocycles. The van der Waals surface area contributed by atoms with E-state index in [9.17, 15) is 18.0 Å². The Morgan fingerprint density at radius 1 is 1.10 bits per heavy atom. The fourth-order valence-corrected chi connectivity index (χ4v) is 3.87. The van der Waals surface area contributed by atoms with Crippen LogP contribution in [-0.4, -0.2) is 30.5 Å². The number of benzene rings is 2. The summed E-state index contributed by atoms with van der Waals surface area (Å²) in [6.07, 6.45) is -3.70. The van der Waals surface area contributed by atoms with Gasteiger partial charge in [-0.05, 0) is 29.7 Å². The van der Waals surface area contributed by atoms with Crippen LogP contribution >= 0.6 is 11.3 Å². The highest BCUT2D eigenvalue weighted by Gasteiger charge is 2.30. The highest BCUT2D eigenvalue weighted by Crippen LogP contribution is 2.30. The SMILES string of the molecule is NCCN(Cc1cccc(C(F)(F)F)c1)c1nc(C(=O)NCCc2ccccc2)cs1. The lowest BCUT2D eigenvalue weighted by molar-refractivity contribution is -0.137. The maximum absolute atomic E-state index is 13.0. The molecule has 3 aromatic rings. The average molecular weight is 449 g/mol. The van der Waals surface area contributed by atoms with Crippen molar-refractivity contribution in [3.8, 4) is 0 Å². The van der Waals surface area contributed by atoms with E-state index in [2.05, 4.69) is 10.3 Å². The maximum Gasteiger partial charge on any atom is 0.416 e. The number of carbonyl (C=O) groups is 1. The van der Waals surface area contributed by atoms with E-state index < -0.39 is 11.7 Å². The standard InChI is InChI=1S/C22H23F3N4OS/c23-22(24,25)18-8-4-7-17(13-18)14-29(12-10-26)21-28-19(15-31-21)20(30)27-11-9-16-5-2-1-3-6-16/h1-8,13,15H,9-12,14,26H2,(H,27,30). The second kappa shape index (κ2) is 10.4. The van der Waals surface area contributed by atoms with E-state index >= 15 is 0 Å². The molecule has 3 N–H and O–H groups in total. The molecule has 5 nitrogen and oxygen atoms in total. The molecule has 9 heteroatoms. The van der Waals surface area contributed by atoms with Crippen LogP contribution in [0.4, 0.5) is 18.3 Å². The lowest BCUT2D eigenvalue weighted by Gasteiger charge is -2.21. The quantitative estimate of drug-likeness (QED) is 0.517. The van der Waals surface area contributed by atoms with Crippen LogP contribution in [-0.2, 0) is 19.1 Å². The number of anilines is 1. The summed E-state index contributed by atoms with van der Waals surface area (Å²) in [5.74, 6) is -0.287. The predicted molar refractivity (Wildman–Crippen MR) is 116 cm³/mol. The summed E-state index contributed by atoms with van der Waals surface area (Å²) in [6, 6.07) is 15.0. The van der Waals surface area contributed by atoms with E-state index in [-0.39, 0.29) is 18.1 Å². The molecule has 2 aromatic carbocycles. The number of nitrogens with two attached hydrogens (primary N) is 1. The van der Waals surface area contributed by atoms with Crippen molar-refractivity contribution in [3.05, 3.63) is 82.4 Å². The van der Waals surface area contributed by atoms with Gasteiger partial charge in [0.2, 0.25) is 0 Å². The van der Waals surface area contributed by atoms with Crippen LogP contribution in [0.5, 0.6) is 0 Å². The van der Waals surface area contributed by atoms with Gasteiger partial charge in [0.05, 0.1) is 5.56 Å². The molecular formula is C22H23F3N4OS. The molecule has 0 atom stereocenters. The third-order valence-corrected chi connectivity index (χ3v) is 5.47. The van der Waals surface area contributed by atoms with E-state index in [0.717, 1.165) is 17.7 Å². The van der Waals surface area contributed by atoms with Crippen molar-refractivity contribution in [2.24, 2.45) is 5.73 Å². The highest BCUT2D eigenvalue weighted by molar-refractivity contribution is 7.13. The molecule has 0 spiro atoms. The van der Waals surface area contributed by atoms with Crippen molar-refractivity contribution in [1.29, 1.82) is 0 Å². The molecule has 0 aliphatic rings. The van der Waals surface area contributed by atoms with Crippen LogP contribution in [0.1, 0.15) is 27.2 Å². The van der Waals surface area contributed by atoms with Gasteiger partial charge >= 0.3 is 6.18 Å². The number of carbonyl (C=O) groups excluding carboxylic acids is 1. The minimum absolute atomic E-state index is 0.212. The summed E-state index contributed by atoms with van der Waals surface area (Å²) in [4.78, 5) is 18.6. The first kappa shape index (κ1) is 22.8. The number of halogens is 3. The number of nitrogens with zero attached hydrogens (tertiary/aromatic N) is 2. The van der Waals surface area contributed by atoms with Gasteiger partial charge in [0.15, 0.2) is 5.13 Å². The van der Waals surface area contributed by atoms with Gasteiger partial charge < -0.3 is 16.0 Å². The predicted octanol–water partition coefficient (Wildman–Crippen LogP) is 4.10. The third-order valence-electron chi connectivity index (χ3n) is 4.56. The average Bonchev–Trinajstić information content (AvgIpc) is 3.24. The summed E-state index contributed by atoms with van der Waals surface area (Å²) >= 11 is 1.26. The molecule has 0 saturated carbocycles. The first-order valence-corrected chi connectivity index (χ1v) is 10.6. The van der Waals surface area contributed by atoms with Crippen LogP contribution in [0.3, 0.4) is 0 Å². The molecule has 0 radical (unpaired) electrons. The van der Waals surface area contributed by atoms with Crippen molar-refractivity contribution in [2.45, 2.75) is 19.1 Å². The largest absolute Gasteiger partial charge is 0.416 e. The number of alkyl halides is 3. The molecule has 1 heterocycles. The van der Waals surface area contributed by atoms with Crippen molar-refractivity contribution in [3.63, 3.8) is 0 Å². The zero-order chi connectivity index (χ0) is 22.3. The smallest absolute Gasteiger partial charge is 0.350 e. The van der Waals surface area contributed by atoms with Gasteiger partial charge in [-0.3, -0.25) is 4.79 Å². The minimum atomic E-state index is -4.40. The molecule has 0 unspecified atom stereocenters. The number of rotatable bonds is 9. The Labute approximate surface area is 182 Å². The van der Waals surface area contributed by atoms with Gasteiger partial charge in [0, 0.05) is 31.6 Å². The highest BCUT2D eigenvalue weighted by atomic mass is 32.1. The third kappa shape index (κ3) is 6.53. The zero-order valence-corrected chi connectivity index (χ0v) is 17.5. The summed E-state index contributed by atoms with van der Waals surface area (Å²) < 4.78 is 39.0. The van der Waals surface area contributed by atoms with Gasteiger partial charge in [-0.15, -0.1) is 11.3 Å². The lowest BCUT2D eigenvalue weighted by atomic mass is 10.1. The summed E-state index contributed by atoms with van der Waals surface area (Å²) in [6.45, 7) is 1.39. The topological polar surface area (TPSA) is 71.2 Å². The van der Waals surface area contributed by atoms with Crippen LogP contribution in [0, 0.1) is 0 Å². The molecule has 164 valence electrons. The second-order valence-electron chi connectivity index (χ2n) is 6.92. The molecule has 0 saturated heterocycles. The summed E-state index contributed by atoms with van der Waals surface area (Å²) in [5, 5.41) is 5.02. The van der Waals surface area contributed by atoms with Gasteiger partial charge in [-0.25, -0.2) is 4.98 Å². The van der Waals surface area contributed by atoms with Crippen LogP contribution < -0.4 is 16.0 Å². The van der Waals surface area contributed by atoms with Crippen LogP contribution in [0.25, 0.3) is 0 Å². The number of amides is 1. The number of hydrogen-bond acceptors (Lipinski definition) is 5. The molecule has 1 amide bonds. The first-order valence-electron chi connectivity index (χ1n) is 9.75. The van der Waals surface area contributed by atoms with E-state index in [0.29, 0.717) is 36.8 Å². The Bertz CT molecular complexity index is 992. The maximum atomic E-state index is 13.0. The number of hydrogen-bond donors (Lipinski definition) is 2. The number of aromatic nitrogens is 1. The Kier molecular flexibility index (Phi) is 7.64. The zero-order valence-electron chi connectivity index (χ0n) is 16.7. The van der Waals surface area contributed by atoms with Crippen molar-refractivity contribution in [2.75, 3.05) is 24.5 Å². The van der Waals surface area contributed by atoms with E-state index in [1.165, 1.54) is 17.4 Å². The lowest BCUT2D eigenvalue weighted by Crippen LogP contribution is -2.29. The Balaban J connectivity index is 1.64. The molecule has 0 bridgehead atoms. The summed E-state index contributed by atoms with van der Waals surface area (Å²) in [7, 11) is 0. The van der Waals surface area contributed by atoms with Gasteiger partial charge in [0.25, 0.3) is 5.91 Å². The van der Waals surface area contributed by atoms with Crippen LogP contribution in [0.2, 0.25) is 0 Å². The molecular weight excluding hydrogens is 425 g/mol. The Morgan fingerprint density at radius 3 is 2.55 bits per heavy atom. The van der Waals surface area contributed by atoms with Gasteiger partial charge in [0.1, 0.15) is 5.69 Å². The van der Waals surface area contributed by atoms with E-state index in [1.807, 2.05) is 30.3 Å². The number of nitrogens with one attached hydrogen (secondary N) is 1. The Hall–Kier alpha value is -2.91. The first-order chi connectivity index (χ1) is 14.9.